The lowest BCUT2D eigenvalue weighted by atomic mass is 9.82. The molecule has 0 aromatic rings. The lowest BCUT2D eigenvalue weighted by Crippen LogP contribution is -2.35. The zero-order valence-corrected chi connectivity index (χ0v) is 11.4. The van der Waals surface area contributed by atoms with Crippen LogP contribution in [-0.4, -0.2) is 31.1 Å². The van der Waals surface area contributed by atoms with Crippen molar-refractivity contribution in [2.75, 3.05) is 20.1 Å². The highest BCUT2D eigenvalue weighted by molar-refractivity contribution is 4.76. The molecule has 16 heavy (non-hydrogen) atoms. The van der Waals surface area contributed by atoms with Gasteiger partial charge in [-0.2, -0.15) is 0 Å². The predicted molar refractivity (Wildman–Crippen MR) is 71.5 cm³/mol. The van der Waals surface area contributed by atoms with Crippen LogP contribution in [0.3, 0.4) is 0 Å². The standard InChI is InChI=1S/C14H30N2/c1-4-5-12(2)16(3)11-14-8-6-13(10-15)7-9-14/h12-14H,4-11,15H2,1-3H3. The molecule has 0 radical (unpaired) electrons. The minimum absolute atomic E-state index is 0.747. The topological polar surface area (TPSA) is 29.3 Å². The van der Waals surface area contributed by atoms with Crippen LogP contribution in [0, 0.1) is 11.8 Å². The first-order valence-electron chi connectivity index (χ1n) is 7.07. The van der Waals surface area contributed by atoms with Crippen LogP contribution < -0.4 is 5.73 Å². The summed E-state index contributed by atoms with van der Waals surface area (Å²) in [5, 5.41) is 0. The molecule has 1 fully saturated rings. The van der Waals surface area contributed by atoms with Crippen molar-refractivity contribution in [3.05, 3.63) is 0 Å². The molecule has 0 spiro atoms. The lowest BCUT2D eigenvalue weighted by molar-refractivity contribution is 0.168. The van der Waals surface area contributed by atoms with Crippen LogP contribution in [0.5, 0.6) is 0 Å². The molecule has 0 aromatic heterocycles. The molecule has 0 bridgehead atoms. The third-order valence-electron chi connectivity index (χ3n) is 4.30. The van der Waals surface area contributed by atoms with Crippen molar-refractivity contribution in [2.24, 2.45) is 17.6 Å². The first kappa shape index (κ1) is 14.0. The highest BCUT2D eigenvalue weighted by atomic mass is 15.1. The van der Waals surface area contributed by atoms with Gasteiger partial charge in [0.2, 0.25) is 0 Å². The van der Waals surface area contributed by atoms with Crippen LogP contribution in [-0.2, 0) is 0 Å². The molecule has 1 rings (SSSR count). The monoisotopic (exact) mass is 226 g/mol. The Morgan fingerprint density at radius 1 is 1.19 bits per heavy atom. The molecule has 0 aromatic carbocycles. The van der Waals surface area contributed by atoms with Gasteiger partial charge in [-0.1, -0.05) is 13.3 Å². The van der Waals surface area contributed by atoms with Gasteiger partial charge in [0.05, 0.1) is 0 Å². The van der Waals surface area contributed by atoms with E-state index in [9.17, 15) is 0 Å². The van der Waals surface area contributed by atoms with E-state index in [1.54, 1.807) is 0 Å². The first-order valence-corrected chi connectivity index (χ1v) is 7.07. The fourth-order valence-electron chi connectivity index (χ4n) is 2.88. The van der Waals surface area contributed by atoms with E-state index in [0.717, 1.165) is 24.4 Å². The normalized spacial score (nSPS) is 28.3. The fraction of sp³-hybridized carbons (Fsp3) is 1.00. The number of hydrogen-bond acceptors (Lipinski definition) is 2. The Bertz CT molecular complexity index is 174. The Labute approximate surface area is 102 Å². The van der Waals surface area contributed by atoms with Crippen molar-refractivity contribution in [3.8, 4) is 0 Å². The van der Waals surface area contributed by atoms with Gasteiger partial charge < -0.3 is 10.6 Å². The summed E-state index contributed by atoms with van der Waals surface area (Å²) in [6, 6.07) is 0.747. The van der Waals surface area contributed by atoms with Gasteiger partial charge in [-0.3, -0.25) is 0 Å². The lowest BCUT2D eigenvalue weighted by Gasteiger charge is -2.33. The Balaban J connectivity index is 2.22. The fourth-order valence-corrected chi connectivity index (χ4v) is 2.88. The third kappa shape index (κ3) is 4.42. The third-order valence-corrected chi connectivity index (χ3v) is 4.30. The molecule has 1 unspecified atom stereocenters. The molecule has 0 heterocycles. The second-order valence-electron chi connectivity index (χ2n) is 5.70. The molecule has 1 saturated carbocycles. The molecule has 2 N–H and O–H groups in total. The highest BCUT2D eigenvalue weighted by Crippen LogP contribution is 2.28. The van der Waals surface area contributed by atoms with Crippen molar-refractivity contribution in [1.82, 2.24) is 4.90 Å². The van der Waals surface area contributed by atoms with Gasteiger partial charge in [0.25, 0.3) is 0 Å². The molecule has 2 heteroatoms. The van der Waals surface area contributed by atoms with Gasteiger partial charge in [0.1, 0.15) is 0 Å². The Kier molecular flexibility index (Phi) is 6.37. The number of rotatable bonds is 6. The van der Waals surface area contributed by atoms with E-state index in [4.69, 9.17) is 5.73 Å². The summed E-state index contributed by atoms with van der Waals surface area (Å²) in [5.41, 5.74) is 5.73. The molecule has 0 aliphatic heterocycles. The van der Waals surface area contributed by atoms with Crippen LogP contribution >= 0.6 is 0 Å². The largest absolute Gasteiger partial charge is 0.330 e. The van der Waals surface area contributed by atoms with Crippen molar-refractivity contribution in [1.29, 1.82) is 0 Å². The van der Waals surface area contributed by atoms with Gasteiger partial charge in [-0.05, 0) is 64.5 Å². The van der Waals surface area contributed by atoms with Crippen LogP contribution in [0.2, 0.25) is 0 Å². The summed E-state index contributed by atoms with van der Waals surface area (Å²) < 4.78 is 0. The summed E-state index contributed by atoms with van der Waals surface area (Å²) >= 11 is 0. The Hall–Kier alpha value is -0.0800. The van der Waals surface area contributed by atoms with E-state index in [2.05, 4.69) is 25.8 Å². The van der Waals surface area contributed by atoms with Gasteiger partial charge in [0.15, 0.2) is 0 Å². The van der Waals surface area contributed by atoms with E-state index >= 15 is 0 Å². The van der Waals surface area contributed by atoms with Crippen LogP contribution in [0.25, 0.3) is 0 Å². The Morgan fingerprint density at radius 2 is 1.75 bits per heavy atom. The maximum Gasteiger partial charge on any atom is 0.00638 e. The van der Waals surface area contributed by atoms with Crippen molar-refractivity contribution >= 4 is 0 Å². The van der Waals surface area contributed by atoms with E-state index in [1.165, 1.54) is 45.1 Å². The highest BCUT2D eigenvalue weighted by Gasteiger charge is 2.22. The van der Waals surface area contributed by atoms with Crippen LogP contribution in [0.15, 0.2) is 0 Å². The van der Waals surface area contributed by atoms with Crippen molar-refractivity contribution in [3.63, 3.8) is 0 Å². The maximum absolute atomic E-state index is 5.73. The zero-order chi connectivity index (χ0) is 12.0. The predicted octanol–water partition coefficient (Wildman–Crippen LogP) is 2.87. The number of hydrogen-bond donors (Lipinski definition) is 1. The average molecular weight is 226 g/mol. The summed E-state index contributed by atoms with van der Waals surface area (Å²) in [5.74, 6) is 1.74. The SMILES string of the molecule is CCCC(C)N(C)CC1CCC(CN)CC1. The smallest absolute Gasteiger partial charge is 0.00638 e. The van der Waals surface area contributed by atoms with Crippen LogP contribution in [0.4, 0.5) is 0 Å². The molecular formula is C14H30N2. The van der Waals surface area contributed by atoms with Crippen molar-refractivity contribution in [2.45, 2.75) is 58.4 Å². The molecule has 1 atom stereocenters. The minimum atomic E-state index is 0.747. The molecular weight excluding hydrogens is 196 g/mol. The second kappa shape index (κ2) is 7.29. The first-order chi connectivity index (χ1) is 7.67. The van der Waals surface area contributed by atoms with E-state index < -0.39 is 0 Å². The van der Waals surface area contributed by atoms with Crippen LogP contribution in [0.1, 0.15) is 52.4 Å². The van der Waals surface area contributed by atoms with Crippen molar-refractivity contribution < 1.29 is 0 Å². The van der Waals surface area contributed by atoms with E-state index in [1.807, 2.05) is 0 Å². The van der Waals surface area contributed by atoms with Gasteiger partial charge >= 0.3 is 0 Å². The van der Waals surface area contributed by atoms with E-state index in [-0.39, 0.29) is 0 Å². The quantitative estimate of drug-likeness (QED) is 0.754. The summed E-state index contributed by atoms with van der Waals surface area (Å²) in [6.07, 6.45) is 8.13. The molecule has 1 aliphatic carbocycles. The maximum atomic E-state index is 5.73. The summed E-state index contributed by atoms with van der Waals surface area (Å²) in [7, 11) is 2.29. The number of nitrogens with two attached hydrogens (primary N) is 1. The summed E-state index contributed by atoms with van der Waals surface area (Å²) in [6.45, 7) is 6.82. The Morgan fingerprint density at radius 3 is 2.25 bits per heavy atom. The van der Waals surface area contributed by atoms with Gasteiger partial charge in [-0.15, -0.1) is 0 Å². The molecule has 96 valence electrons. The van der Waals surface area contributed by atoms with Gasteiger partial charge in [-0.25, -0.2) is 0 Å². The van der Waals surface area contributed by atoms with E-state index in [0.29, 0.717) is 0 Å². The second-order valence-corrected chi connectivity index (χ2v) is 5.70. The minimum Gasteiger partial charge on any atom is -0.330 e. The summed E-state index contributed by atoms with van der Waals surface area (Å²) in [4.78, 5) is 2.55. The molecule has 1 aliphatic rings. The molecule has 0 saturated heterocycles. The number of nitrogens with zero attached hydrogens (tertiary/aromatic N) is 1. The molecule has 2 nitrogen and oxygen atoms in total. The average Bonchev–Trinajstić information content (AvgIpc) is 2.30. The molecule has 0 amide bonds. The van der Waals surface area contributed by atoms with Gasteiger partial charge in [0, 0.05) is 12.6 Å². The zero-order valence-electron chi connectivity index (χ0n) is 11.4.